The minimum atomic E-state index is -0.799. The van der Waals surface area contributed by atoms with Gasteiger partial charge in [0.15, 0.2) is 0 Å². The molecule has 0 saturated carbocycles. The number of hydrogen-bond acceptors (Lipinski definition) is 3. The average Bonchev–Trinajstić information content (AvgIpc) is 2.54. The molecule has 2 rings (SSSR count). The zero-order valence-electron chi connectivity index (χ0n) is 10.4. The Balaban J connectivity index is 1.95. The van der Waals surface area contributed by atoms with E-state index in [1.807, 2.05) is 19.1 Å². The first-order chi connectivity index (χ1) is 8.65. The summed E-state index contributed by atoms with van der Waals surface area (Å²) < 4.78 is 13.2. The third-order valence-electron chi connectivity index (χ3n) is 3.07. The summed E-state index contributed by atoms with van der Waals surface area (Å²) >= 11 is 0. The number of alkyl halides is 1. The van der Waals surface area contributed by atoms with Crippen molar-refractivity contribution in [1.29, 1.82) is 0 Å². The van der Waals surface area contributed by atoms with Crippen LogP contribution >= 0.6 is 0 Å². The van der Waals surface area contributed by atoms with Crippen LogP contribution in [0.2, 0.25) is 0 Å². The number of pyridine rings is 1. The van der Waals surface area contributed by atoms with Crippen LogP contribution in [0.1, 0.15) is 25.0 Å². The van der Waals surface area contributed by atoms with Crippen molar-refractivity contribution in [2.75, 3.05) is 11.9 Å². The molecule has 0 aliphatic carbocycles. The number of hydrogen-bond donors (Lipinski definition) is 2. The van der Waals surface area contributed by atoms with Gasteiger partial charge in [-0.3, -0.25) is 4.79 Å². The summed E-state index contributed by atoms with van der Waals surface area (Å²) in [7, 11) is 0. The molecule has 2 atom stereocenters. The average molecular weight is 251 g/mol. The zero-order valence-corrected chi connectivity index (χ0v) is 10.4. The molecule has 18 heavy (non-hydrogen) atoms. The topological polar surface area (TPSA) is 54.0 Å². The molecule has 2 unspecified atom stereocenters. The molecule has 2 heterocycles. The number of carbonyl (C=O) groups is 1. The maximum atomic E-state index is 13.2. The summed E-state index contributed by atoms with van der Waals surface area (Å²) in [4.78, 5) is 16.2. The van der Waals surface area contributed by atoms with Crippen molar-refractivity contribution in [3.63, 3.8) is 0 Å². The van der Waals surface area contributed by atoms with Crippen molar-refractivity contribution in [2.24, 2.45) is 0 Å². The van der Waals surface area contributed by atoms with E-state index < -0.39 is 6.17 Å². The number of amides is 1. The molecule has 98 valence electrons. The summed E-state index contributed by atoms with van der Waals surface area (Å²) in [6.07, 6.45) is 0.643. The van der Waals surface area contributed by atoms with Gasteiger partial charge in [-0.1, -0.05) is 6.07 Å². The van der Waals surface area contributed by atoms with E-state index in [4.69, 9.17) is 0 Å². The molecule has 2 N–H and O–H groups in total. The predicted octanol–water partition coefficient (Wildman–Crippen LogP) is 1.81. The van der Waals surface area contributed by atoms with Gasteiger partial charge in [-0.05, 0) is 44.9 Å². The lowest BCUT2D eigenvalue weighted by Crippen LogP contribution is -2.40. The number of nitrogens with one attached hydrogen (secondary N) is 2. The molecular formula is C13H18FN3O. The Kier molecular flexibility index (Phi) is 4.25. The quantitative estimate of drug-likeness (QED) is 0.843. The van der Waals surface area contributed by atoms with Gasteiger partial charge in [0.2, 0.25) is 5.91 Å². The predicted molar refractivity (Wildman–Crippen MR) is 68.1 cm³/mol. The Labute approximate surface area is 106 Å². The summed E-state index contributed by atoms with van der Waals surface area (Å²) in [5.41, 5.74) is 0.852. The highest BCUT2D eigenvalue weighted by Gasteiger charge is 2.23. The Hall–Kier alpha value is -1.49. The minimum absolute atomic E-state index is 0.137. The van der Waals surface area contributed by atoms with Crippen LogP contribution in [0, 0.1) is 6.92 Å². The van der Waals surface area contributed by atoms with Gasteiger partial charge in [-0.25, -0.2) is 9.37 Å². The smallest absolute Gasteiger partial charge is 0.242 e. The Morgan fingerprint density at radius 3 is 3.06 bits per heavy atom. The second-order valence-corrected chi connectivity index (χ2v) is 4.62. The summed E-state index contributed by atoms with van der Waals surface area (Å²) in [6.45, 7) is 2.41. The minimum Gasteiger partial charge on any atom is -0.309 e. The zero-order chi connectivity index (χ0) is 13.0. The number of aromatic nitrogens is 1. The van der Waals surface area contributed by atoms with Gasteiger partial charge >= 0.3 is 0 Å². The molecule has 1 aliphatic heterocycles. The van der Waals surface area contributed by atoms with Crippen molar-refractivity contribution >= 4 is 11.7 Å². The molecule has 1 aromatic rings. The summed E-state index contributed by atoms with van der Waals surface area (Å²) in [5.74, 6) is 0.407. The monoisotopic (exact) mass is 251 g/mol. The maximum absolute atomic E-state index is 13.2. The van der Waals surface area contributed by atoms with Gasteiger partial charge in [-0.2, -0.15) is 0 Å². The number of halogens is 1. The van der Waals surface area contributed by atoms with Crippen molar-refractivity contribution < 1.29 is 9.18 Å². The van der Waals surface area contributed by atoms with E-state index in [-0.39, 0.29) is 11.9 Å². The Bertz CT molecular complexity index is 424. The van der Waals surface area contributed by atoms with Crippen LogP contribution in [-0.4, -0.2) is 29.6 Å². The molecule has 1 saturated heterocycles. The number of aryl methyl sites for hydroxylation is 1. The number of nitrogens with zero attached hydrogens (tertiary/aromatic N) is 1. The highest BCUT2D eigenvalue weighted by molar-refractivity contribution is 5.94. The third-order valence-corrected chi connectivity index (χ3v) is 3.07. The number of carbonyl (C=O) groups excluding carboxylic acids is 1. The molecule has 4 nitrogen and oxygen atoms in total. The van der Waals surface area contributed by atoms with E-state index in [2.05, 4.69) is 15.6 Å². The van der Waals surface area contributed by atoms with Crippen LogP contribution in [-0.2, 0) is 4.79 Å². The molecule has 1 aliphatic rings. The molecule has 0 spiro atoms. The maximum Gasteiger partial charge on any atom is 0.242 e. The first-order valence-electron chi connectivity index (χ1n) is 6.27. The summed E-state index contributed by atoms with van der Waals surface area (Å²) in [5, 5.41) is 5.83. The normalized spacial score (nSPS) is 24.3. The van der Waals surface area contributed by atoms with E-state index in [0.717, 1.165) is 5.69 Å². The highest BCUT2D eigenvalue weighted by atomic mass is 19.1. The molecule has 0 bridgehead atoms. The molecule has 1 amide bonds. The van der Waals surface area contributed by atoms with Gasteiger partial charge in [0.1, 0.15) is 12.0 Å². The van der Waals surface area contributed by atoms with Crippen LogP contribution in [0.25, 0.3) is 0 Å². The fourth-order valence-corrected chi connectivity index (χ4v) is 2.06. The fourth-order valence-electron chi connectivity index (χ4n) is 2.06. The van der Waals surface area contributed by atoms with Crippen LogP contribution in [0.3, 0.4) is 0 Å². The second-order valence-electron chi connectivity index (χ2n) is 4.62. The molecule has 1 aromatic heterocycles. The van der Waals surface area contributed by atoms with Gasteiger partial charge in [0.05, 0.1) is 6.04 Å². The van der Waals surface area contributed by atoms with E-state index in [1.54, 1.807) is 6.07 Å². The van der Waals surface area contributed by atoms with Gasteiger partial charge in [-0.15, -0.1) is 0 Å². The second kappa shape index (κ2) is 5.91. The standard InChI is InChI=1S/C13H18FN3O/c1-9-3-2-4-12(16-9)17-13(18)11-6-5-10(14)7-8-15-11/h2-4,10-11,15H,5-8H2,1H3,(H,16,17,18). The largest absolute Gasteiger partial charge is 0.309 e. The van der Waals surface area contributed by atoms with Gasteiger partial charge in [0.25, 0.3) is 0 Å². The van der Waals surface area contributed by atoms with E-state index >= 15 is 0 Å². The molecule has 5 heteroatoms. The van der Waals surface area contributed by atoms with Crippen LogP contribution in [0.4, 0.5) is 10.2 Å². The van der Waals surface area contributed by atoms with Gasteiger partial charge < -0.3 is 10.6 Å². The summed E-state index contributed by atoms with van der Waals surface area (Å²) in [6, 6.07) is 5.14. The molecular weight excluding hydrogens is 233 g/mol. The molecule has 1 fully saturated rings. The Morgan fingerprint density at radius 1 is 1.44 bits per heavy atom. The van der Waals surface area contributed by atoms with Crippen molar-refractivity contribution in [3.8, 4) is 0 Å². The molecule has 0 aromatic carbocycles. The first kappa shape index (κ1) is 13.0. The van der Waals surface area contributed by atoms with Crippen LogP contribution < -0.4 is 10.6 Å². The SMILES string of the molecule is Cc1cccc(NC(=O)C2CCC(F)CCN2)n1. The van der Waals surface area contributed by atoms with Crippen molar-refractivity contribution in [1.82, 2.24) is 10.3 Å². The van der Waals surface area contributed by atoms with E-state index in [0.29, 0.717) is 31.6 Å². The Morgan fingerprint density at radius 2 is 2.28 bits per heavy atom. The lowest BCUT2D eigenvalue weighted by molar-refractivity contribution is -0.118. The van der Waals surface area contributed by atoms with Gasteiger partial charge in [0, 0.05) is 5.69 Å². The number of rotatable bonds is 2. The molecule has 0 radical (unpaired) electrons. The first-order valence-corrected chi connectivity index (χ1v) is 6.27. The fraction of sp³-hybridized carbons (Fsp3) is 0.538. The van der Waals surface area contributed by atoms with E-state index in [9.17, 15) is 9.18 Å². The van der Waals surface area contributed by atoms with Crippen LogP contribution in [0.15, 0.2) is 18.2 Å². The third kappa shape index (κ3) is 3.50. The lowest BCUT2D eigenvalue weighted by atomic mass is 10.1. The highest BCUT2D eigenvalue weighted by Crippen LogP contribution is 2.14. The van der Waals surface area contributed by atoms with Crippen LogP contribution in [0.5, 0.6) is 0 Å². The van der Waals surface area contributed by atoms with Crippen molar-refractivity contribution in [3.05, 3.63) is 23.9 Å². The van der Waals surface area contributed by atoms with Crippen molar-refractivity contribution in [2.45, 2.75) is 38.4 Å². The number of anilines is 1. The van der Waals surface area contributed by atoms with E-state index in [1.165, 1.54) is 0 Å². The lowest BCUT2D eigenvalue weighted by Gasteiger charge is -2.15.